The number of nitrogens with two attached hydrogens (primary N) is 1. The third kappa shape index (κ3) is 2.77. The molecule has 0 aliphatic rings. The number of hydrogen-bond acceptors (Lipinski definition) is 1. The van der Waals surface area contributed by atoms with Gasteiger partial charge in [-0.3, -0.25) is 0 Å². The van der Waals surface area contributed by atoms with Crippen LogP contribution in [0, 0.1) is 23.1 Å². The number of benzene rings is 1. The predicted octanol–water partition coefficient (Wildman–Crippen LogP) is 2.81. The van der Waals surface area contributed by atoms with Gasteiger partial charge in [0.05, 0.1) is 11.3 Å². The highest BCUT2D eigenvalue weighted by Crippen LogP contribution is 2.16. The maximum atomic E-state index is 13.2. The minimum Gasteiger partial charge on any atom is -0.398 e. The highest BCUT2D eigenvalue weighted by atomic mass is 19.1. The van der Waals surface area contributed by atoms with Crippen molar-refractivity contribution in [1.82, 2.24) is 0 Å². The Kier molecular flexibility index (Phi) is 2.81. The van der Waals surface area contributed by atoms with Crippen LogP contribution in [0.15, 0.2) is 18.2 Å². The van der Waals surface area contributed by atoms with E-state index in [1.165, 1.54) is 6.07 Å². The normalized spacial score (nSPS) is 10.6. The van der Waals surface area contributed by atoms with E-state index in [2.05, 4.69) is 11.8 Å². The van der Waals surface area contributed by atoms with Crippen molar-refractivity contribution in [2.24, 2.45) is 5.41 Å². The first kappa shape index (κ1) is 10.6. The average Bonchev–Trinajstić information content (AvgIpc) is 2.01. The summed E-state index contributed by atoms with van der Waals surface area (Å²) in [7, 11) is 0. The fourth-order valence-electron chi connectivity index (χ4n) is 0.923. The van der Waals surface area contributed by atoms with E-state index in [0.29, 0.717) is 11.3 Å². The SMILES string of the molecule is CC(C)(C)C#Cc1c(N)cccc1F. The molecule has 0 radical (unpaired) electrons. The van der Waals surface area contributed by atoms with E-state index in [1.54, 1.807) is 12.1 Å². The van der Waals surface area contributed by atoms with Crippen molar-refractivity contribution in [1.29, 1.82) is 0 Å². The maximum Gasteiger partial charge on any atom is 0.140 e. The molecule has 0 atom stereocenters. The van der Waals surface area contributed by atoms with Gasteiger partial charge in [0, 0.05) is 5.41 Å². The highest BCUT2D eigenvalue weighted by molar-refractivity contribution is 5.56. The van der Waals surface area contributed by atoms with E-state index in [1.807, 2.05) is 20.8 Å². The number of rotatable bonds is 0. The molecular formula is C12H14FN. The smallest absolute Gasteiger partial charge is 0.140 e. The van der Waals surface area contributed by atoms with Crippen LogP contribution in [0.25, 0.3) is 0 Å². The van der Waals surface area contributed by atoms with Crippen LogP contribution in [0.1, 0.15) is 26.3 Å². The van der Waals surface area contributed by atoms with Gasteiger partial charge in [-0.05, 0) is 32.9 Å². The largest absolute Gasteiger partial charge is 0.398 e. The van der Waals surface area contributed by atoms with Crippen LogP contribution >= 0.6 is 0 Å². The molecule has 1 nitrogen and oxygen atoms in total. The first-order chi connectivity index (χ1) is 6.40. The van der Waals surface area contributed by atoms with Gasteiger partial charge in [-0.15, -0.1) is 0 Å². The van der Waals surface area contributed by atoms with Crippen molar-refractivity contribution in [3.8, 4) is 11.8 Å². The Morgan fingerprint density at radius 2 is 1.93 bits per heavy atom. The molecule has 0 bridgehead atoms. The van der Waals surface area contributed by atoms with Crippen LogP contribution in [0.2, 0.25) is 0 Å². The second-order valence-corrected chi connectivity index (χ2v) is 4.20. The quantitative estimate of drug-likeness (QED) is 0.495. The summed E-state index contributed by atoms with van der Waals surface area (Å²) >= 11 is 0. The molecule has 0 fully saturated rings. The molecule has 14 heavy (non-hydrogen) atoms. The molecule has 0 saturated heterocycles. The van der Waals surface area contributed by atoms with Gasteiger partial charge in [-0.2, -0.15) is 0 Å². The molecule has 0 amide bonds. The van der Waals surface area contributed by atoms with E-state index in [4.69, 9.17) is 5.73 Å². The van der Waals surface area contributed by atoms with Crippen molar-refractivity contribution in [2.45, 2.75) is 20.8 Å². The van der Waals surface area contributed by atoms with Gasteiger partial charge in [0.25, 0.3) is 0 Å². The molecule has 0 unspecified atom stereocenters. The number of halogens is 1. The zero-order chi connectivity index (χ0) is 10.8. The molecule has 0 saturated carbocycles. The molecule has 0 spiro atoms. The molecular weight excluding hydrogens is 177 g/mol. The lowest BCUT2D eigenvalue weighted by Gasteiger charge is -2.07. The van der Waals surface area contributed by atoms with E-state index in [9.17, 15) is 4.39 Å². The van der Waals surface area contributed by atoms with Crippen molar-refractivity contribution in [3.63, 3.8) is 0 Å². The molecule has 1 rings (SSSR count). The Balaban J connectivity index is 3.13. The third-order valence-electron chi connectivity index (χ3n) is 1.61. The van der Waals surface area contributed by atoms with E-state index >= 15 is 0 Å². The Hall–Kier alpha value is -1.49. The number of anilines is 1. The van der Waals surface area contributed by atoms with Crippen LogP contribution in [0.5, 0.6) is 0 Å². The highest BCUT2D eigenvalue weighted by Gasteiger charge is 2.06. The number of nitrogen functional groups attached to an aromatic ring is 1. The molecule has 0 heterocycles. The lowest BCUT2D eigenvalue weighted by atomic mass is 9.97. The fraction of sp³-hybridized carbons (Fsp3) is 0.333. The summed E-state index contributed by atoms with van der Waals surface area (Å²) in [6.45, 7) is 5.91. The summed E-state index contributed by atoms with van der Waals surface area (Å²) < 4.78 is 13.2. The molecule has 2 N–H and O–H groups in total. The first-order valence-electron chi connectivity index (χ1n) is 4.47. The monoisotopic (exact) mass is 191 g/mol. The molecule has 1 aromatic carbocycles. The lowest BCUT2D eigenvalue weighted by molar-refractivity contribution is 0.570. The van der Waals surface area contributed by atoms with Crippen LogP contribution in [0.3, 0.4) is 0 Å². The van der Waals surface area contributed by atoms with Crippen molar-refractivity contribution in [3.05, 3.63) is 29.6 Å². The summed E-state index contributed by atoms with van der Waals surface area (Å²) in [6, 6.07) is 4.59. The average molecular weight is 191 g/mol. The summed E-state index contributed by atoms with van der Waals surface area (Å²) in [6.07, 6.45) is 0. The Bertz CT molecular complexity index is 371. The molecule has 1 aromatic rings. The van der Waals surface area contributed by atoms with Crippen LogP contribution in [-0.2, 0) is 0 Å². The number of hydrogen-bond donors (Lipinski definition) is 1. The van der Waals surface area contributed by atoms with Crippen molar-refractivity contribution in [2.75, 3.05) is 5.73 Å². The summed E-state index contributed by atoms with van der Waals surface area (Å²) in [5, 5.41) is 0. The molecule has 0 aliphatic carbocycles. The van der Waals surface area contributed by atoms with E-state index in [0.717, 1.165) is 0 Å². The topological polar surface area (TPSA) is 26.0 Å². The molecule has 0 aliphatic heterocycles. The lowest BCUT2D eigenvalue weighted by Crippen LogP contribution is -2.00. The van der Waals surface area contributed by atoms with E-state index in [-0.39, 0.29) is 11.2 Å². The molecule has 74 valence electrons. The van der Waals surface area contributed by atoms with Gasteiger partial charge < -0.3 is 5.73 Å². The van der Waals surface area contributed by atoms with Crippen molar-refractivity contribution >= 4 is 5.69 Å². The predicted molar refractivity (Wildman–Crippen MR) is 57.1 cm³/mol. The van der Waals surface area contributed by atoms with Crippen LogP contribution in [0.4, 0.5) is 10.1 Å². The van der Waals surface area contributed by atoms with Gasteiger partial charge in [0.2, 0.25) is 0 Å². The van der Waals surface area contributed by atoms with Crippen LogP contribution < -0.4 is 5.73 Å². The summed E-state index contributed by atoms with van der Waals surface area (Å²) in [5.74, 6) is 5.36. The zero-order valence-electron chi connectivity index (χ0n) is 8.69. The van der Waals surface area contributed by atoms with Gasteiger partial charge >= 0.3 is 0 Å². The molecule has 0 aromatic heterocycles. The van der Waals surface area contributed by atoms with Gasteiger partial charge in [-0.1, -0.05) is 17.9 Å². The van der Waals surface area contributed by atoms with Gasteiger partial charge in [0.1, 0.15) is 5.82 Å². The zero-order valence-corrected chi connectivity index (χ0v) is 8.69. The minimum atomic E-state index is -0.359. The fourth-order valence-corrected chi connectivity index (χ4v) is 0.923. The second kappa shape index (κ2) is 3.71. The van der Waals surface area contributed by atoms with Gasteiger partial charge in [-0.25, -0.2) is 4.39 Å². The molecule has 2 heteroatoms. The maximum absolute atomic E-state index is 13.2. The van der Waals surface area contributed by atoms with Crippen molar-refractivity contribution < 1.29 is 4.39 Å². The van der Waals surface area contributed by atoms with Gasteiger partial charge in [0.15, 0.2) is 0 Å². The van der Waals surface area contributed by atoms with E-state index < -0.39 is 0 Å². The third-order valence-corrected chi connectivity index (χ3v) is 1.61. The summed E-state index contributed by atoms with van der Waals surface area (Å²) in [4.78, 5) is 0. The Labute approximate surface area is 84.1 Å². The minimum absolute atomic E-state index is 0.144. The first-order valence-corrected chi connectivity index (χ1v) is 4.47. The van der Waals surface area contributed by atoms with Crippen LogP contribution in [-0.4, -0.2) is 0 Å². The Morgan fingerprint density at radius 1 is 1.29 bits per heavy atom. The Morgan fingerprint density at radius 3 is 2.43 bits per heavy atom. The second-order valence-electron chi connectivity index (χ2n) is 4.20. The summed E-state index contributed by atoms with van der Waals surface area (Å²) in [5.41, 5.74) is 6.15. The standard InChI is InChI=1S/C12H14FN/c1-12(2,3)8-7-9-10(13)5-4-6-11(9)14/h4-6H,14H2,1-3H3.